The fourth-order valence-corrected chi connectivity index (χ4v) is 4.93. The van der Waals surface area contributed by atoms with Crippen molar-refractivity contribution in [2.24, 2.45) is 17.3 Å². The van der Waals surface area contributed by atoms with Gasteiger partial charge < -0.3 is 20.2 Å². The molecule has 1 aliphatic carbocycles. The van der Waals surface area contributed by atoms with Crippen molar-refractivity contribution in [3.05, 3.63) is 35.6 Å². The molecular formula is C23H30FN3O4. The van der Waals surface area contributed by atoms with Crippen LogP contribution in [0, 0.1) is 23.1 Å². The summed E-state index contributed by atoms with van der Waals surface area (Å²) < 4.78 is 13.4. The second-order valence-corrected chi connectivity index (χ2v) is 9.47. The van der Waals surface area contributed by atoms with Crippen molar-refractivity contribution >= 4 is 17.9 Å². The zero-order valence-corrected chi connectivity index (χ0v) is 17.8. The molecule has 7 nitrogen and oxygen atoms in total. The van der Waals surface area contributed by atoms with E-state index in [4.69, 9.17) is 5.11 Å². The second-order valence-electron chi connectivity index (χ2n) is 9.47. The van der Waals surface area contributed by atoms with Crippen LogP contribution in [0.15, 0.2) is 24.3 Å². The van der Waals surface area contributed by atoms with Gasteiger partial charge in [0.05, 0.1) is 0 Å². The van der Waals surface area contributed by atoms with E-state index in [1.165, 1.54) is 12.1 Å². The number of likely N-dealkylation sites (tertiary alicyclic amines) is 2. The molecule has 31 heavy (non-hydrogen) atoms. The number of carbonyl (C=O) groups excluding carboxylic acids is 2. The molecule has 3 amide bonds. The van der Waals surface area contributed by atoms with Gasteiger partial charge in [-0.05, 0) is 43.4 Å². The van der Waals surface area contributed by atoms with E-state index in [1.807, 2.05) is 16.7 Å². The molecule has 2 saturated heterocycles. The molecule has 2 N–H and O–H groups in total. The molecule has 2 heterocycles. The average molecular weight is 432 g/mol. The zero-order chi connectivity index (χ0) is 22.2. The number of halogens is 1. The highest BCUT2D eigenvalue weighted by atomic mass is 19.1. The Balaban J connectivity index is 1.39. The maximum atomic E-state index is 13.4. The number of benzene rings is 1. The van der Waals surface area contributed by atoms with Gasteiger partial charge in [0.25, 0.3) is 0 Å². The maximum Gasteiger partial charge on any atom is 0.404 e. The molecule has 168 valence electrons. The van der Waals surface area contributed by atoms with E-state index >= 15 is 0 Å². The Labute approximate surface area is 181 Å². The van der Waals surface area contributed by atoms with Gasteiger partial charge in [0.2, 0.25) is 11.8 Å². The Morgan fingerprint density at radius 3 is 2.32 bits per heavy atom. The predicted molar refractivity (Wildman–Crippen MR) is 112 cm³/mol. The first-order chi connectivity index (χ1) is 14.8. The molecule has 1 aromatic rings. The van der Waals surface area contributed by atoms with E-state index in [1.54, 1.807) is 12.1 Å². The summed E-state index contributed by atoms with van der Waals surface area (Å²) in [6.07, 6.45) is 2.14. The van der Waals surface area contributed by atoms with Crippen LogP contribution in [0.3, 0.4) is 0 Å². The van der Waals surface area contributed by atoms with Crippen molar-refractivity contribution in [2.45, 2.75) is 38.5 Å². The smallest absolute Gasteiger partial charge is 0.404 e. The fraction of sp³-hybridized carbons (Fsp3) is 0.609. The van der Waals surface area contributed by atoms with Crippen LogP contribution in [0.5, 0.6) is 0 Å². The first kappa shape index (κ1) is 21.6. The lowest BCUT2D eigenvalue weighted by Gasteiger charge is -2.34. The van der Waals surface area contributed by atoms with Gasteiger partial charge in [-0.2, -0.15) is 0 Å². The van der Waals surface area contributed by atoms with Gasteiger partial charge in [-0.15, -0.1) is 0 Å². The summed E-state index contributed by atoms with van der Waals surface area (Å²) in [5.74, 6) is -0.257. The third kappa shape index (κ3) is 4.67. The second kappa shape index (κ2) is 8.48. The number of rotatable bonds is 5. The summed E-state index contributed by atoms with van der Waals surface area (Å²) in [4.78, 5) is 40.5. The number of piperidine rings is 1. The summed E-state index contributed by atoms with van der Waals surface area (Å²) >= 11 is 0. The van der Waals surface area contributed by atoms with E-state index in [0.717, 1.165) is 18.4 Å². The Morgan fingerprint density at radius 1 is 1.10 bits per heavy atom. The minimum atomic E-state index is -1.09. The highest BCUT2D eigenvalue weighted by Crippen LogP contribution is 2.47. The van der Waals surface area contributed by atoms with Gasteiger partial charge in [-0.25, -0.2) is 9.18 Å². The van der Waals surface area contributed by atoms with Gasteiger partial charge in [0.1, 0.15) is 5.82 Å². The lowest BCUT2D eigenvalue weighted by Crippen LogP contribution is -2.46. The molecule has 4 rings (SSSR count). The number of carbonyl (C=O) groups is 3. The molecule has 3 fully saturated rings. The van der Waals surface area contributed by atoms with Crippen molar-refractivity contribution < 1.29 is 23.9 Å². The monoisotopic (exact) mass is 431 g/mol. The van der Waals surface area contributed by atoms with Gasteiger partial charge >= 0.3 is 6.09 Å². The molecule has 1 aromatic carbocycles. The van der Waals surface area contributed by atoms with Crippen molar-refractivity contribution in [3.63, 3.8) is 0 Å². The summed E-state index contributed by atoms with van der Waals surface area (Å²) in [5, 5.41) is 11.4. The van der Waals surface area contributed by atoms with Crippen molar-refractivity contribution in [1.29, 1.82) is 0 Å². The van der Waals surface area contributed by atoms with Crippen molar-refractivity contribution in [3.8, 4) is 0 Å². The zero-order valence-electron chi connectivity index (χ0n) is 17.8. The molecule has 2 aliphatic heterocycles. The highest BCUT2D eigenvalue weighted by Gasteiger charge is 2.48. The van der Waals surface area contributed by atoms with Gasteiger partial charge in [-0.1, -0.05) is 19.1 Å². The SMILES string of the molecule is CC1(C(=O)N2CCC(C(=O)N3C[C@@H](CNC(=O)O)[C@@H](c4ccc(F)cc4)C3)CC2)CC1. The normalized spacial score (nSPS) is 25.4. The molecule has 0 unspecified atom stereocenters. The Morgan fingerprint density at radius 2 is 1.74 bits per heavy atom. The summed E-state index contributed by atoms with van der Waals surface area (Å²) in [6.45, 7) is 4.45. The van der Waals surface area contributed by atoms with Crippen LogP contribution in [-0.4, -0.2) is 65.5 Å². The number of amides is 3. The number of carboxylic acid groups (broad SMARTS) is 1. The van der Waals surface area contributed by atoms with Crippen LogP contribution in [-0.2, 0) is 9.59 Å². The summed E-state index contributed by atoms with van der Waals surface area (Å²) in [5.41, 5.74) is 0.727. The first-order valence-electron chi connectivity index (χ1n) is 11.1. The number of nitrogens with one attached hydrogen (secondary N) is 1. The molecule has 0 aromatic heterocycles. The molecule has 1 saturated carbocycles. The molecule has 3 aliphatic rings. The summed E-state index contributed by atoms with van der Waals surface area (Å²) in [7, 11) is 0. The van der Waals surface area contributed by atoms with Gasteiger partial charge in [-0.3, -0.25) is 9.59 Å². The van der Waals surface area contributed by atoms with Crippen molar-refractivity contribution in [1.82, 2.24) is 15.1 Å². The molecule has 0 radical (unpaired) electrons. The van der Waals surface area contributed by atoms with Crippen LogP contribution >= 0.6 is 0 Å². The average Bonchev–Trinajstić information content (AvgIpc) is 3.37. The third-order valence-corrected chi connectivity index (χ3v) is 7.21. The summed E-state index contributed by atoms with van der Waals surface area (Å²) in [6, 6.07) is 6.22. The van der Waals surface area contributed by atoms with Crippen LogP contribution < -0.4 is 5.32 Å². The maximum absolute atomic E-state index is 13.4. The number of hydrogen-bond acceptors (Lipinski definition) is 3. The Kier molecular flexibility index (Phi) is 5.90. The molecular weight excluding hydrogens is 401 g/mol. The standard InChI is InChI=1S/C23H30FN3O4/c1-23(8-9-23)21(29)26-10-6-16(7-11-26)20(28)27-13-17(12-25-22(30)31)19(14-27)15-2-4-18(24)5-3-15/h2-5,16-17,19,25H,6-14H2,1H3,(H,30,31)/t17-,19-/m1/s1. The molecule has 2 atom stereocenters. The minimum absolute atomic E-state index is 0.0483. The fourth-order valence-electron chi connectivity index (χ4n) is 4.93. The number of hydrogen-bond donors (Lipinski definition) is 2. The quantitative estimate of drug-likeness (QED) is 0.750. The minimum Gasteiger partial charge on any atom is -0.465 e. The lowest BCUT2D eigenvalue weighted by atomic mass is 9.89. The van der Waals surface area contributed by atoms with Crippen LogP contribution in [0.4, 0.5) is 9.18 Å². The Hall–Kier alpha value is -2.64. The molecule has 0 bridgehead atoms. The molecule has 0 spiro atoms. The number of nitrogens with zero attached hydrogens (tertiary/aromatic N) is 2. The van der Waals surface area contributed by atoms with E-state index in [9.17, 15) is 18.8 Å². The lowest BCUT2D eigenvalue weighted by molar-refractivity contribution is -0.142. The highest BCUT2D eigenvalue weighted by molar-refractivity contribution is 5.85. The van der Waals surface area contributed by atoms with Crippen LogP contribution in [0.2, 0.25) is 0 Å². The van der Waals surface area contributed by atoms with Crippen molar-refractivity contribution in [2.75, 3.05) is 32.7 Å². The van der Waals surface area contributed by atoms with E-state index in [2.05, 4.69) is 5.32 Å². The Bertz CT molecular complexity index is 847. The predicted octanol–water partition coefficient (Wildman–Crippen LogP) is 2.67. The van der Waals surface area contributed by atoms with E-state index < -0.39 is 6.09 Å². The first-order valence-corrected chi connectivity index (χ1v) is 11.1. The third-order valence-electron chi connectivity index (χ3n) is 7.21. The van der Waals surface area contributed by atoms with Crippen LogP contribution in [0.1, 0.15) is 44.1 Å². The van der Waals surface area contributed by atoms with Gasteiger partial charge in [0, 0.05) is 55.9 Å². The molecule has 8 heteroatoms. The largest absolute Gasteiger partial charge is 0.465 e. The van der Waals surface area contributed by atoms with Crippen LogP contribution in [0.25, 0.3) is 0 Å². The topological polar surface area (TPSA) is 90.0 Å². The van der Waals surface area contributed by atoms with E-state index in [0.29, 0.717) is 39.0 Å². The van der Waals surface area contributed by atoms with Gasteiger partial charge in [0.15, 0.2) is 0 Å². The van der Waals surface area contributed by atoms with E-state index in [-0.39, 0.29) is 47.3 Å².